The number of aromatic nitrogens is 2. The van der Waals surface area contributed by atoms with E-state index in [2.05, 4.69) is 14.9 Å². The second kappa shape index (κ2) is 7.91. The maximum Gasteiger partial charge on any atom is 0.338 e. The van der Waals surface area contributed by atoms with Crippen molar-refractivity contribution in [2.75, 3.05) is 25.1 Å². The Balaban J connectivity index is 1.66. The molecule has 2 aromatic heterocycles. The predicted octanol–water partition coefficient (Wildman–Crippen LogP) is 2.41. The number of carboxylic acids is 1. The first-order chi connectivity index (χ1) is 13.0. The van der Waals surface area contributed by atoms with Crippen LogP contribution in [0.2, 0.25) is 0 Å². The van der Waals surface area contributed by atoms with Gasteiger partial charge in [-0.2, -0.15) is 5.26 Å². The summed E-state index contributed by atoms with van der Waals surface area (Å²) in [5.74, 6) is 0.744. The van der Waals surface area contributed by atoms with Crippen molar-refractivity contribution < 1.29 is 19.4 Å². The van der Waals surface area contributed by atoms with Gasteiger partial charge in [-0.15, -0.1) is 0 Å². The number of methoxy groups -OCH3 is 1. The first kappa shape index (κ1) is 18.5. The first-order valence-electron chi connectivity index (χ1n) is 8.58. The van der Waals surface area contributed by atoms with Crippen LogP contribution in [-0.4, -0.2) is 47.3 Å². The number of carbonyl (C=O) groups is 1. The molecule has 0 spiro atoms. The second-order valence-corrected chi connectivity index (χ2v) is 6.28. The van der Waals surface area contributed by atoms with Crippen LogP contribution in [0.3, 0.4) is 0 Å². The smallest absolute Gasteiger partial charge is 0.338 e. The van der Waals surface area contributed by atoms with Gasteiger partial charge in [0.2, 0.25) is 5.88 Å². The van der Waals surface area contributed by atoms with E-state index < -0.39 is 5.97 Å². The number of rotatable bonds is 5. The summed E-state index contributed by atoms with van der Waals surface area (Å²) in [5, 5.41) is 18.4. The number of hydrogen-bond donors (Lipinski definition) is 1. The largest absolute Gasteiger partial charge is 0.489 e. The summed E-state index contributed by atoms with van der Waals surface area (Å²) >= 11 is 0. The van der Waals surface area contributed by atoms with Crippen LogP contribution in [0.15, 0.2) is 24.4 Å². The molecular formula is C19H20N4O4. The molecule has 8 heteroatoms. The van der Waals surface area contributed by atoms with Crippen molar-refractivity contribution >= 4 is 11.8 Å². The van der Waals surface area contributed by atoms with Crippen LogP contribution in [-0.2, 0) is 0 Å². The van der Waals surface area contributed by atoms with Crippen LogP contribution in [0.1, 0.15) is 34.5 Å². The average molecular weight is 368 g/mol. The summed E-state index contributed by atoms with van der Waals surface area (Å²) in [6, 6.07) is 6.96. The van der Waals surface area contributed by atoms with Crippen LogP contribution in [0.4, 0.5) is 5.82 Å². The summed E-state index contributed by atoms with van der Waals surface area (Å²) in [6.45, 7) is 3.22. The van der Waals surface area contributed by atoms with Gasteiger partial charge in [0.1, 0.15) is 23.7 Å². The molecule has 0 aliphatic carbocycles. The van der Waals surface area contributed by atoms with Crippen molar-refractivity contribution in [2.45, 2.75) is 25.9 Å². The van der Waals surface area contributed by atoms with Crippen LogP contribution in [0.25, 0.3) is 0 Å². The molecule has 2 aromatic rings. The summed E-state index contributed by atoms with van der Waals surface area (Å²) in [5.41, 5.74) is 0.611. The highest BCUT2D eigenvalue weighted by atomic mass is 16.5. The fraction of sp³-hybridized carbons (Fsp3) is 0.368. The van der Waals surface area contributed by atoms with E-state index in [0.29, 0.717) is 30.5 Å². The number of aromatic carboxylic acids is 1. The lowest BCUT2D eigenvalue weighted by atomic mass is 10.1. The Labute approximate surface area is 157 Å². The lowest BCUT2D eigenvalue weighted by molar-refractivity contribution is 0.0696. The SMILES string of the molecule is COc1ccc(OC2CCN(c3nc(C#N)c(C(=O)O)cc3C)CC2)cn1. The molecule has 0 bridgehead atoms. The van der Waals surface area contributed by atoms with E-state index in [9.17, 15) is 15.2 Å². The molecule has 3 rings (SSSR count). The van der Waals surface area contributed by atoms with E-state index in [0.717, 1.165) is 18.4 Å². The van der Waals surface area contributed by atoms with Crippen molar-refractivity contribution in [3.8, 4) is 17.7 Å². The monoisotopic (exact) mass is 368 g/mol. The topological polar surface area (TPSA) is 109 Å². The lowest BCUT2D eigenvalue weighted by Gasteiger charge is -2.33. The number of hydrogen-bond acceptors (Lipinski definition) is 7. The molecule has 1 aliphatic heterocycles. The number of ether oxygens (including phenoxy) is 2. The molecule has 1 N–H and O–H groups in total. The van der Waals surface area contributed by atoms with Crippen molar-refractivity contribution in [1.82, 2.24) is 9.97 Å². The molecule has 27 heavy (non-hydrogen) atoms. The standard InChI is InChI=1S/C19H20N4O4/c1-12-9-15(19(24)25)16(10-20)22-18(12)23-7-5-13(6-8-23)27-14-3-4-17(26-2)21-11-14/h3-4,9,11,13H,5-8H2,1-2H3,(H,24,25). The predicted molar refractivity (Wildman–Crippen MR) is 97.3 cm³/mol. The van der Waals surface area contributed by atoms with Crippen LogP contribution in [0, 0.1) is 18.3 Å². The van der Waals surface area contributed by atoms with Gasteiger partial charge in [0.05, 0.1) is 18.9 Å². The van der Waals surface area contributed by atoms with Gasteiger partial charge in [-0.3, -0.25) is 0 Å². The number of nitrogens with zero attached hydrogens (tertiary/aromatic N) is 4. The Bertz CT molecular complexity index is 869. The van der Waals surface area contributed by atoms with E-state index in [1.807, 2.05) is 19.1 Å². The van der Waals surface area contributed by atoms with Crippen LogP contribution in [0.5, 0.6) is 11.6 Å². The summed E-state index contributed by atoms with van der Waals surface area (Å²) in [7, 11) is 1.56. The van der Waals surface area contributed by atoms with Crippen molar-refractivity contribution in [1.29, 1.82) is 5.26 Å². The molecule has 140 valence electrons. The Morgan fingerprint density at radius 3 is 2.67 bits per heavy atom. The van der Waals surface area contributed by atoms with E-state index in [1.54, 1.807) is 19.4 Å². The van der Waals surface area contributed by atoms with Gasteiger partial charge >= 0.3 is 5.97 Å². The minimum Gasteiger partial charge on any atom is -0.489 e. The molecule has 0 aromatic carbocycles. The molecule has 0 amide bonds. The normalized spacial score (nSPS) is 14.5. The van der Waals surface area contributed by atoms with Crippen molar-refractivity contribution in [3.05, 3.63) is 41.2 Å². The summed E-state index contributed by atoms with van der Waals surface area (Å²) in [6.07, 6.45) is 3.28. The van der Waals surface area contributed by atoms with Gasteiger partial charge in [-0.05, 0) is 24.6 Å². The minimum absolute atomic E-state index is 0.0606. The maximum absolute atomic E-state index is 11.2. The van der Waals surface area contributed by atoms with E-state index in [4.69, 9.17) is 9.47 Å². The Morgan fingerprint density at radius 2 is 2.11 bits per heavy atom. The van der Waals surface area contributed by atoms with E-state index >= 15 is 0 Å². The molecule has 1 saturated heterocycles. The highest BCUT2D eigenvalue weighted by molar-refractivity contribution is 5.90. The van der Waals surface area contributed by atoms with Gasteiger partial charge in [-0.25, -0.2) is 14.8 Å². The van der Waals surface area contributed by atoms with Crippen LogP contribution < -0.4 is 14.4 Å². The van der Waals surface area contributed by atoms with Gasteiger partial charge in [-0.1, -0.05) is 0 Å². The number of piperidine rings is 1. The maximum atomic E-state index is 11.2. The summed E-state index contributed by atoms with van der Waals surface area (Å²) < 4.78 is 11.0. The number of pyridine rings is 2. The van der Waals surface area contributed by atoms with Crippen LogP contribution >= 0.6 is 0 Å². The molecule has 8 nitrogen and oxygen atoms in total. The third-order valence-corrected chi connectivity index (χ3v) is 4.49. The third-order valence-electron chi connectivity index (χ3n) is 4.49. The Kier molecular flexibility index (Phi) is 5.41. The molecule has 0 unspecified atom stereocenters. The summed E-state index contributed by atoms with van der Waals surface area (Å²) in [4.78, 5) is 21.7. The number of anilines is 1. The zero-order chi connectivity index (χ0) is 19.4. The minimum atomic E-state index is -1.14. The zero-order valence-corrected chi connectivity index (χ0v) is 15.2. The van der Waals surface area contributed by atoms with Gasteiger partial charge in [0.25, 0.3) is 0 Å². The molecule has 0 atom stereocenters. The third kappa shape index (κ3) is 4.08. The van der Waals surface area contributed by atoms with Gasteiger partial charge in [0.15, 0.2) is 5.69 Å². The number of nitriles is 1. The second-order valence-electron chi connectivity index (χ2n) is 6.28. The molecule has 3 heterocycles. The van der Waals surface area contributed by atoms with Crippen molar-refractivity contribution in [2.24, 2.45) is 0 Å². The quantitative estimate of drug-likeness (QED) is 0.857. The first-order valence-corrected chi connectivity index (χ1v) is 8.58. The fourth-order valence-electron chi connectivity index (χ4n) is 3.11. The lowest BCUT2D eigenvalue weighted by Crippen LogP contribution is -2.39. The molecule has 1 aliphatic rings. The van der Waals surface area contributed by atoms with E-state index in [1.165, 1.54) is 6.07 Å². The molecule has 0 saturated carbocycles. The Morgan fingerprint density at radius 1 is 1.37 bits per heavy atom. The van der Waals surface area contributed by atoms with Gasteiger partial charge < -0.3 is 19.5 Å². The molecule has 1 fully saturated rings. The number of carboxylic acid groups (broad SMARTS) is 1. The average Bonchev–Trinajstić information content (AvgIpc) is 2.69. The Hall–Kier alpha value is -3.34. The highest BCUT2D eigenvalue weighted by Crippen LogP contribution is 2.26. The number of aryl methyl sites for hydroxylation is 1. The van der Waals surface area contributed by atoms with Gasteiger partial charge in [0, 0.05) is 32.0 Å². The zero-order valence-electron chi connectivity index (χ0n) is 15.2. The molecule has 0 radical (unpaired) electrons. The molecular weight excluding hydrogens is 348 g/mol. The van der Waals surface area contributed by atoms with E-state index in [-0.39, 0.29) is 17.4 Å². The van der Waals surface area contributed by atoms with Crippen molar-refractivity contribution in [3.63, 3.8) is 0 Å². The fourth-order valence-corrected chi connectivity index (χ4v) is 3.11. The highest BCUT2D eigenvalue weighted by Gasteiger charge is 2.24.